The van der Waals surface area contributed by atoms with Gasteiger partial charge in [0, 0.05) is 13.1 Å². The predicted molar refractivity (Wildman–Crippen MR) is 132 cm³/mol. The molecular formula is C25H34FN3O4S. The van der Waals surface area contributed by atoms with E-state index in [-0.39, 0.29) is 24.1 Å². The Morgan fingerprint density at radius 3 is 2.21 bits per heavy atom. The lowest BCUT2D eigenvalue weighted by molar-refractivity contribution is -0.140. The fraction of sp³-hybridized carbons (Fsp3) is 0.440. The highest BCUT2D eigenvalue weighted by molar-refractivity contribution is 7.92. The van der Waals surface area contributed by atoms with E-state index >= 15 is 0 Å². The van der Waals surface area contributed by atoms with E-state index in [4.69, 9.17) is 0 Å². The maximum absolute atomic E-state index is 13.6. The summed E-state index contributed by atoms with van der Waals surface area (Å²) in [4.78, 5) is 28.0. The average molecular weight is 492 g/mol. The Balaban J connectivity index is 2.42. The maximum atomic E-state index is 13.6. The van der Waals surface area contributed by atoms with Crippen LogP contribution in [-0.2, 0) is 26.2 Å². The highest BCUT2D eigenvalue weighted by atomic mass is 32.2. The molecule has 0 radical (unpaired) electrons. The Bertz CT molecular complexity index is 1090. The molecule has 0 fully saturated rings. The number of hydrogen-bond acceptors (Lipinski definition) is 4. The van der Waals surface area contributed by atoms with Crippen molar-refractivity contribution in [1.82, 2.24) is 10.2 Å². The van der Waals surface area contributed by atoms with Crippen LogP contribution in [0, 0.1) is 18.7 Å². The summed E-state index contributed by atoms with van der Waals surface area (Å²) in [5.41, 5.74) is 1.99. The molecule has 0 aromatic heterocycles. The second-order valence-electron chi connectivity index (χ2n) is 8.76. The van der Waals surface area contributed by atoms with E-state index in [2.05, 4.69) is 5.32 Å². The van der Waals surface area contributed by atoms with Crippen LogP contribution in [0.3, 0.4) is 0 Å². The molecule has 0 saturated heterocycles. The summed E-state index contributed by atoms with van der Waals surface area (Å²) in [6, 6.07) is 11.6. The fourth-order valence-corrected chi connectivity index (χ4v) is 4.38. The Morgan fingerprint density at radius 2 is 1.68 bits per heavy atom. The van der Waals surface area contributed by atoms with Crippen LogP contribution in [0.2, 0.25) is 0 Å². The molecule has 34 heavy (non-hydrogen) atoms. The third-order valence-electron chi connectivity index (χ3n) is 5.47. The first kappa shape index (κ1) is 27.3. The first-order chi connectivity index (χ1) is 15.9. The fourth-order valence-electron chi connectivity index (χ4n) is 3.53. The zero-order valence-electron chi connectivity index (χ0n) is 20.4. The Kier molecular flexibility index (Phi) is 9.61. The molecule has 0 saturated carbocycles. The molecule has 1 atom stereocenters. The van der Waals surface area contributed by atoms with Gasteiger partial charge in [-0.15, -0.1) is 0 Å². The van der Waals surface area contributed by atoms with Crippen LogP contribution in [-0.4, -0.2) is 50.5 Å². The highest BCUT2D eigenvalue weighted by Crippen LogP contribution is 2.21. The zero-order valence-corrected chi connectivity index (χ0v) is 21.2. The molecular weight excluding hydrogens is 457 g/mol. The van der Waals surface area contributed by atoms with E-state index in [0.717, 1.165) is 33.8 Å². The molecule has 0 aliphatic rings. The Hall–Kier alpha value is -2.94. The van der Waals surface area contributed by atoms with Gasteiger partial charge in [0.2, 0.25) is 21.8 Å². The molecule has 0 aliphatic heterocycles. The molecule has 1 N–H and O–H groups in total. The van der Waals surface area contributed by atoms with Crippen molar-refractivity contribution in [2.24, 2.45) is 5.92 Å². The molecule has 2 amide bonds. The lowest BCUT2D eigenvalue weighted by atomic mass is 10.1. The molecule has 2 aromatic rings. The number of carbonyl (C=O) groups is 2. The van der Waals surface area contributed by atoms with E-state index in [1.807, 2.05) is 52.0 Å². The molecule has 9 heteroatoms. The number of aryl methyl sites for hydroxylation is 1. The summed E-state index contributed by atoms with van der Waals surface area (Å²) < 4.78 is 39.4. The third-order valence-corrected chi connectivity index (χ3v) is 6.61. The summed E-state index contributed by atoms with van der Waals surface area (Å²) in [5.74, 6) is -1.09. The number of nitrogens with one attached hydrogen (secondary N) is 1. The van der Waals surface area contributed by atoms with Crippen LogP contribution in [0.15, 0.2) is 48.5 Å². The minimum atomic E-state index is -3.85. The Labute approximate surface area is 202 Å². The van der Waals surface area contributed by atoms with Gasteiger partial charge in [0.15, 0.2) is 0 Å². The van der Waals surface area contributed by atoms with E-state index < -0.39 is 34.3 Å². The van der Waals surface area contributed by atoms with Crippen LogP contribution < -0.4 is 9.62 Å². The number of carbonyl (C=O) groups excluding carboxylic acids is 2. The molecule has 2 aromatic carbocycles. The number of benzene rings is 2. The van der Waals surface area contributed by atoms with E-state index in [1.165, 1.54) is 17.0 Å². The van der Waals surface area contributed by atoms with Crippen molar-refractivity contribution in [3.8, 4) is 0 Å². The number of amides is 2. The lowest BCUT2D eigenvalue weighted by Crippen LogP contribution is -2.52. The van der Waals surface area contributed by atoms with Gasteiger partial charge in [-0.1, -0.05) is 45.0 Å². The van der Waals surface area contributed by atoms with Crippen LogP contribution in [0.5, 0.6) is 0 Å². The minimum absolute atomic E-state index is 0.153. The van der Waals surface area contributed by atoms with E-state index in [9.17, 15) is 22.4 Å². The van der Waals surface area contributed by atoms with Crippen LogP contribution >= 0.6 is 0 Å². The number of rotatable bonds is 11. The Morgan fingerprint density at radius 1 is 1.06 bits per heavy atom. The summed E-state index contributed by atoms with van der Waals surface area (Å²) in [7, 11) is -3.85. The third kappa shape index (κ3) is 7.55. The van der Waals surface area contributed by atoms with E-state index in [0.29, 0.717) is 13.0 Å². The summed E-state index contributed by atoms with van der Waals surface area (Å²) in [5, 5.41) is 2.88. The quantitative estimate of drug-likeness (QED) is 0.521. The smallest absolute Gasteiger partial charge is 0.244 e. The molecule has 0 unspecified atom stereocenters. The van der Waals surface area contributed by atoms with Crippen molar-refractivity contribution in [2.75, 3.05) is 23.7 Å². The van der Waals surface area contributed by atoms with E-state index in [1.54, 1.807) is 0 Å². The van der Waals surface area contributed by atoms with Gasteiger partial charge in [0.05, 0.1) is 11.9 Å². The standard InChI is InChI=1S/C25H34FN3O4S/c1-6-23(25(31)27-15-18(2)3)28(16-20-10-8-7-9-19(20)4)24(30)17-29(34(5,32)33)22-13-11-21(26)12-14-22/h7-14,18,23H,6,15-17H2,1-5H3,(H,27,31)/t23-/m0/s1. The summed E-state index contributed by atoms with van der Waals surface area (Å²) in [6.45, 7) is 7.79. The summed E-state index contributed by atoms with van der Waals surface area (Å²) in [6.07, 6.45) is 1.35. The van der Waals surface area contributed by atoms with Gasteiger partial charge >= 0.3 is 0 Å². The average Bonchev–Trinajstić information content (AvgIpc) is 2.77. The van der Waals surface area contributed by atoms with Gasteiger partial charge in [-0.2, -0.15) is 0 Å². The van der Waals surface area contributed by atoms with Crippen LogP contribution in [0.4, 0.5) is 10.1 Å². The minimum Gasteiger partial charge on any atom is -0.354 e. The molecule has 0 bridgehead atoms. The van der Waals surface area contributed by atoms with Gasteiger partial charge in [0.25, 0.3) is 0 Å². The van der Waals surface area contributed by atoms with Crippen LogP contribution in [0.1, 0.15) is 38.3 Å². The number of nitrogens with zero attached hydrogens (tertiary/aromatic N) is 2. The van der Waals surface area contributed by atoms with Crippen molar-refractivity contribution < 1.29 is 22.4 Å². The van der Waals surface area contributed by atoms with Gasteiger partial charge in [-0.25, -0.2) is 12.8 Å². The van der Waals surface area contributed by atoms with Crippen molar-refractivity contribution in [3.05, 3.63) is 65.5 Å². The number of halogens is 1. The topological polar surface area (TPSA) is 86.8 Å². The van der Waals surface area contributed by atoms with Crippen molar-refractivity contribution in [3.63, 3.8) is 0 Å². The molecule has 186 valence electrons. The first-order valence-electron chi connectivity index (χ1n) is 11.3. The molecule has 0 heterocycles. The normalized spacial score (nSPS) is 12.3. The summed E-state index contributed by atoms with van der Waals surface area (Å²) >= 11 is 0. The number of hydrogen-bond donors (Lipinski definition) is 1. The molecule has 2 rings (SSSR count). The maximum Gasteiger partial charge on any atom is 0.244 e. The SMILES string of the molecule is CC[C@@H](C(=O)NCC(C)C)N(Cc1ccccc1C)C(=O)CN(c1ccc(F)cc1)S(C)(=O)=O. The van der Waals surface area contributed by atoms with Gasteiger partial charge in [0.1, 0.15) is 18.4 Å². The highest BCUT2D eigenvalue weighted by Gasteiger charge is 2.32. The zero-order chi connectivity index (χ0) is 25.5. The first-order valence-corrected chi connectivity index (χ1v) is 13.1. The largest absolute Gasteiger partial charge is 0.354 e. The second kappa shape index (κ2) is 12.0. The monoisotopic (exact) mass is 491 g/mol. The van der Waals surface area contributed by atoms with Crippen molar-refractivity contribution >= 4 is 27.5 Å². The predicted octanol–water partition coefficient (Wildman–Crippen LogP) is 3.48. The van der Waals surface area contributed by atoms with Crippen LogP contribution in [0.25, 0.3) is 0 Å². The molecule has 0 spiro atoms. The van der Waals surface area contributed by atoms with Crippen molar-refractivity contribution in [2.45, 2.75) is 46.7 Å². The number of anilines is 1. The lowest BCUT2D eigenvalue weighted by Gasteiger charge is -2.33. The second-order valence-corrected chi connectivity index (χ2v) is 10.7. The molecule has 0 aliphatic carbocycles. The molecule has 7 nitrogen and oxygen atoms in total. The van der Waals surface area contributed by atoms with Crippen molar-refractivity contribution in [1.29, 1.82) is 0 Å². The van der Waals surface area contributed by atoms with Gasteiger partial charge < -0.3 is 10.2 Å². The number of sulfonamides is 1. The van der Waals surface area contributed by atoms with Gasteiger partial charge in [-0.3, -0.25) is 13.9 Å². The van der Waals surface area contributed by atoms with Gasteiger partial charge in [-0.05, 0) is 54.7 Å².